The first-order chi connectivity index (χ1) is 15.5. The number of benzene rings is 2. The van der Waals surface area contributed by atoms with Gasteiger partial charge < -0.3 is 14.8 Å². The van der Waals surface area contributed by atoms with Crippen molar-refractivity contribution in [3.63, 3.8) is 0 Å². The van der Waals surface area contributed by atoms with Crippen molar-refractivity contribution in [1.29, 1.82) is 0 Å². The van der Waals surface area contributed by atoms with Gasteiger partial charge in [-0.25, -0.2) is 14.3 Å². The third-order valence-corrected chi connectivity index (χ3v) is 5.07. The predicted molar refractivity (Wildman–Crippen MR) is 116 cm³/mol. The van der Waals surface area contributed by atoms with E-state index in [9.17, 15) is 14.4 Å². The predicted octanol–water partition coefficient (Wildman–Crippen LogP) is 2.64. The number of methoxy groups -OCH3 is 1. The molecule has 1 aliphatic rings. The van der Waals surface area contributed by atoms with Crippen molar-refractivity contribution >= 4 is 17.9 Å². The molecule has 3 aromatic rings. The van der Waals surface area contributed by atoms with Crippen molar-refractivity contribution < 1.29 is 23.9 Å². The molecule has 1 fully saturated rings. The number of aromatic nitrogens is 2. The summed E-state index contributed by atoms with van der Waals surface area (Å²) in [6.07, 6.45) is 0.413. The van der Waals surface area contributed by atoms with E-state index < -0.39 is 24.0 Å². The first-order valence-corrected chi connectivity index (χ1v) is 10.1. The maximum Gasteiger partial charge on any atom is 0.342 e. The highest BCUT2D eigenvalue weighted by Crippen LogP contribution is 2.32. The van der Waals surface area contributed by atoms with Gasteiger partial charge in [-0.15, -0.1) is 0 Å². The monoisotopic (exact) mass is 434 g/mol. The number of rotatable bonds is 6. The van der Waals surface area contributed by atoms with E-state index in [1.165, 1.54) is 14.0 Å². The van der Waals surface area contributed by atoms with Crippen LogP contribution in [0, 0.1) is 0 Å². The van der Waals surface area contributed by atoms with Gasteiger partial charge in [0.25, 0.3) is 5.91 Å². The number of hydrogen-bond donors (Lipinski definition) is 1. The normalized spacial score (nSPS) is 14.1. The Labute approximate surface area is 184 Å². The van der Waals surface area contributed by atoms with E-state index in [1.54, 1.807) is 23.0 Å². The molecule has 3 amide bonds. The van der Waals surface area contributed by atoms with Crippen molar-refractivity contribution in [1.82, 2.24) is 20.0 Å². The van der Waals surface area contributed by atoms with Gasteiger partial charge in [0, 0.05) is 24.8 Å². The Morgan fingerprint density at radius 1 is 1.09 bits per heavy atom. The molecule has 0 bridgehead atoms. The second-order valence-corrected chi connectivity index (χ2v) is 7.14. The summed E-state index contributed by atoms with van der Waals surface area (Å²) in [7, 11) is 1.53. The maximum atomic E-state index is 13.1. The zero-order chi connectivity index (χ0) is 22.7. The van der Waals surface area contributed by atoms with Crippen LogP contribution in [0.1, 0.15) is 17.3 Å². The molecular weight excluding hydrogens is 412 g/mol. The molecule has 1 aliphatic heterocycles. The molecule has 2 aromatic carbocycles. The Morgan fingerprint density at radius 2 is 1.81 bits per heavy atom. The smallest absolute Gasteiger partial charge is 0.342 e. The highest BCUT2D eigenvalue weighted by Gasteiger charge is 2.33. The number of nitrogens with one attached hydrogen (secondary N) is 1. The van der Waals surface area contributed by atoms with Gasteiger partial charge in [0.05, 0.1) is 12.8 Å². The van der Waals surface area contributed by atoms with E-state index in [0.717, 1.165) is 10.6 Å². The molecule has 0 spiro atoms. The second-order valence-electron chi connectivity index (χ2n) is 7.14. The van der Waals surface area contributed by atoms with Gasteiger partial charge in [0.2, 0.25) is 0 Å². The fourth-order valence-corrected chi connectivity index (χ4v) is 3.45. The summed E-state index contributed by atoms with van der Waals surface area (Å²) in [5.41, 5.74) is 1.88. The van der Waals surface area contributed by atoms with Gasteiger partial charge in [0.15, 0.2) is 6.10 Å². The number of amides is 3. The average Bonchev–Trinajstić information content (AvgIpc) is 3.45. The molecule has 2 heterocycles. The third-order valence-electron chi connectivity index (χ3n) is 5.07. The van der Waals surface area contributed by atoms with E-state index in [-0.39, 0.29) is 12.1 Å². The number of esters is 1. The van der Waals surface area contributed by atoms with Crippen LogP contribution >= 0.6 is 0 Å². The van der Waals surface area contributed by atoms with Crippen LogP contribution in [0.4, 0.5) is 4.79 Å². The summed E-state index contributed by atoms with van der Waals surface area (Å²) >= 11 is 0. The molecule has 0 saturated carbocycles. The molecule has 1 N–H and O–H groups in total. The van der Waals surface area contributed by atoms with Crippen molar-refractivity contribution in [3.05, 3.63) is 66.4 Å². The SMILES string of the molecule is COc1ccccc1-c1nn(-c2ccccc2)cc1C(=O)OC(C)C(=O)N1CCNC1=O. The van der Waals surface area contributed by atoms with Crippen LogP contribution < -0.4 is 10.1 Å². The highest BCUT2D eigenvalue weighted by atomic mass is 16.5. The first-order valence-electron chi connectivity index (χ1n) is 10.1. The van der Waals surface area contributed by atoms with Crippen LogP contribution in [0.2, 0.25) is 0 Å². The Morgan fingerprint density at radius 3 is 2.50 bits per heavy atom. The number of hydrogen-bond acceptors (Lipinski definition) is 6. The zero-order valence-corrected chi connectivity index (χ0v) is 17.6. The molecule has 164 valence electrons. The summed E-state index contributed by atoms with van der Waals surface area (Å²) in [4.78, 5) is 38.5. The maximum absolute atomic E-state index is 13.1. The van der Waals surface area contributed by atoms with Crippen molar-refractivity contribution in [3.8, 4) is 22.7 Å². The Balaban J connectivity index is 1.68. The molecule has 0 aliphatic carbocycles. The number of nitrogens with zero attached hydrogens (tertiary/aromatic N) is 3. The standard InChI is InChI=1S/C23H22N4O5/c1-15(21(28)26-13-12-24-23(26)30)32-22(29)18-14-27(16-8-4-3-5-9-16)25-20(18)17-10-6-7-11-19(17)31-2/h3-11,14-15H,12-13H2,1-2H3,(H,24,30). The Hall–Kier alpha value is -4.14. The largest absolute Gasteiger partial charge is 0.496 e. The fraction of sp³-hybridized carbons (Fsp3) is 0.217. The summed E-state index contributed by atoms with van der Waals surface area (Å²) < 4.78 is 12.4. The third kappa shape index (κ3) is 4.04. The molecule has 0 radical (unpaired) electrons. The van der Waals surface area contributed by atoms with Gasteiger partial charge in [-0.1, -0.05) is 30.3 Å². The molecule has 32 heavy (non-hydrogen) atoms. The Bertz CT molecular complexity index is 1160. The van der Waals surface area contributed by atoms with Crippen LogP contribution in [0.15, 0.2) is 60.8 Å². The molecule has 4 rings (SSSR count). The molecule has 1 saturated heterocycles. The molecule has 1 atom stereocenters. The number of ether oxygens (including phenoxy) is 2. The summed E-state index contributed by atoms with van der Waals surface area (Å²) in [5.74, 6) is -0.770. The number of carbonyl (C=O) groups excluding carboxylic acids is 3. The lowest BCUT2D eigenvalue weighted by molar-refractivity contribution is -0.136. The summed E-state index contributed by atoms with van der Waals surface area (Å²) in [6.45, 7) is 2.04. The molecule has 9 heteroatoms. The van der Waals surface area contributed by atoms with Crippen LogP contribution in [0.3, 0.4) is 0 Å². The minimum atomic E-state index is -1.14. The first kappa shape index (κ1) is 21.1. The number of imide groups is 1. The van der Waals surface area contributed by atoms with Gasteiger partial charge >= 0.3 is 12.0 Å². The fourth-order valence-electron chi connectivity index (χ4n) is 3.45. The van der Waals surface area contributed by atoms with Gasteiger partial charge in [0.1, 0.15) is 17.0 Å². The number of urea groups is 1. The number of para-hydroxylation sites is 2. The van der Waals surface area contributed by atoms with Crippen molar-refractivity contribution in [2.75, 3.05) is 20.2 Å². The van der Waals surface area contributed by atoms with E-state index in [4.69, 9.17) is 9.47 Å². The lowest BCUT2D eigenvalue weighted by Crippen LogP contribution is -2.41. The number of carbonyl (C=O) groups is 3. The minimum Gasteiger partial charge on any atom is -0.496 e. The van der Waals surface area contributed by atoms with E-state index >= 15 is 0 Å². The van der Waals surface area contributed by atoms with Gasteiger partial charge in [-0.05, 0) is 31.2 Å². The lowest BCUT2D eigenvalue weighted by atomic mass is 10.1. The molecule has 1 aromatic heterocycles. The van der Waals surface area contributed by atoms with E-state index in [1.807, 2.05) is 42.5 Å². The van der Waals surface area contributed by atoms with E-state index in [2.05, 4.69) is 10.4 Å². The van der Waals surface area contributed by atoms with Gasteiger partial charge in [-0.2, -0.15) is 5.10 Å². The van der Waals surface area contributed by atoms with E-state index in [0.29, 0.717) is 23.6 Å². The lowest BCUT2D eigenvalue weighted by Gasteiger charge is -2.18. The molecular formula is C23H22N4O5. The summed E-state index contributed by atoms with van der Waals surface area (Å²) in [5, 5.41) is 7.15. The Kier molecular flexibility index (Phi) is 5.89. The quantitative estimate of drug-likeness (QED) is 0.599. The topological polar surface area (TPSA) is 103 Å². The minimum absolute atomic E-state index is 0.170. The highest BCUT2D eigenvalue weighted by molar-refractivity contribution is 6.01. The van der Waals surface area contributed by atoms with Crippen LogP contribution in [0.5, 0.6) is 5.75 Å². The van der Waals surface area contributed by atoms with Crippen LogP contribution in [-0.4, -0.2) is 58.9 Å². The summed E-state index contributed by atoms with van der Waals surface area (Å²) in [6, 6.07) is 16.0. The van der Waals surface area contributed by atoms with Crippen molar-refractivity contribution in [2.24, 2.45) is 0 Å². The van der Waals surface area contributed by atoms with Crippen LogP contribution in [-0.2, 0) is 9.53 Å². The average molecular weight is 434 g/mol. The second kappa shape index (κ2) is 8.93. The molecule has 9 nitrogen and oxygen atoms in total. The van der Waals surface area contributed by atoms with Crippen molar-refractivity contribution in [2.45, 2.75) is 13.0 Å². The zero-order valence-electron chi connectivity index (χ0n) is 17.6. The van der Waals surface area contributed by atoms with Crippen LogP contribution in [0.25, 0.3) is 16.9 Å². The molecule has 1 unspecified atom stereocenters. The van der Waals surface area contributed by atoms with Gasteiger partial charge in [-0.3, -0.25) is 9.69 Å².